The fraction of sp³-hybridized carbons (Fsp3) is 0.519. The van der Waals surface area contributed by atoms with Crippen LogP contribution in [0.3, 0.4) is 0 Å². The second-order valence-corrected chi connectivity index (χ2v) is 9.89. The summed E-state index contributed by atoms with van der Waals surface area (Å²) in [5.74, 6) is 1.41. The van der Waals surface area contributed by atoms with E-state index in [0.717, 1.165) is 79.9 Å². The topological polar surface area (TPSA) is 101 Å². The van der Waals surface area contributed by atoms with Crippen molar-refractivity contribution in [2.75, 3.05) is 18.5 Å². The molecule has 3 heterocycles. The number of nitrogens with one attached hydrogen (secondary N) is 2. The third-order valence-electron chi connectivity index (χ3n) is 7.42. The first-order chi connectivity index (χ1) is 16.5. The van der Waals surface area contributed by atoms with Crippen molar-refractivity contribution in [1.82, 2.24) is 10.3 Å². The number of carbonyl (C=O) groups excluding carboxylic acids is 1. The van der Waals surface area contributed by atoms with Gasteiger partial charge >= 0.3 is 5.97 Å². The summed E-state index contributed by atoms with van der Waals surface area (Å²) in [6, 6.07) is 9.58. The summed E-state index contributed by atoms with van der Waals surface area (Å²) < 4.78 is 5.62. The molecule has 1 aromatic heterocycles. The zero-order valence-electron chi connectivity index (χ0n) is 19.5. The number of ether oxygens (including phenoxy) is 1. The first-order valence-corrected chi connectivity index (χ1v) is 12.6. The highest BCUT2D eigenvalue weighted by Gasteiger charge is 2.35. The summed E-state index contributed by atoms with van der Waals surface area (Å²) in [4.78, 5) is 29.0. The molecule has 7 nitrogen and oxygen atoms in total. The van der Waals surface area contributed by atoms with Gasteiger partial charge in [0, 0.05) is 24.6 Å². The number of rotatable bonds is 9. The van der Waals surface area contributed by atoms with Crippen LogP contribution in [-0.4, -0.2) is 35.1 Å². The monoisotopic (exact) mass is 463 g/mol. The predicted octanol–water partition coefficient (Wildman–Crippen LogP) is 4.06. The van der Waals surface area contributed by atoms with Gasteiger partial charge in [-0.3, -0.25) is 9.59 Å². The van der Waals surface area contributed by atoms with E-state index in [-0.39, 0.29) is 18.2 Å². The van der Waals surface area contributed by atoms with E-state index in [1.807, 2.05) is 18.2 Å². The van der Waals surface area contributed by atoms with Gasteiger partial charge in [0.05, 0.1) is 19.1 Å². The van der Waals surface area contributed by atoms with E-state index in [1.54, 1.807) is 0 Å². The number of pyridine rings is 1. The Hall–Kier alpha value is -3.09. The second-order valence-electron chi connectivity index (χ2n) is 9.89. The van der Waals surface area contributed by atoms with Crippen molar-refractivity contribution in [2.24, 2.45) is 11.8 Å². The Morgan fingerprint density at radius 1 is 1.18 bits per heavy atom. The molecule has 0 saturated heterocycles. The highest BCUT2D eigenvalue weighted by atomic mass is 16.5. The summed E-state index contributed by atoms with van der Waals surface area (Å²) in [6.07, 6.45) is 7.88. The van der Waals surface area contributed by atoms with Crippen molar-refractivity contribution in [3.05, 3.63) is 52.7 Å². The van der Waals surface area contributed by atoms with Crippen molar-refractivity contribution in [3.63, 3.8) is 0 Å². The Bertz CT molecular complexity index is 1060. The van der Waals surface area contributed by atoms with Crippen LogP contribution in [0.2, 0.25) is 0 Å². The number of aromatic nitrogens is 1. The average molecular weight is 464 g/mol. The number of hydrogen-bond donors (Lipinski definition) is 3. The number of aliphatic carboxylic acids is 1. The lowest BCUT2D eigenvalue weighted by atomic mass is 9.72. The minimum atomic E-state index is -0.927. The maximum Gasteiger partial charge on any atom is 0.305 e. The molecule has 1 fully saturated rings. The number of anilines is 1. The van der Waals surface area contributed by atoms with Gasteiger partial charge in [0.15, 0.2) is 0 Å². The molecule has 1 aromatic carbocycles. The fourth-order valence-corrected chi connectivity index (χ4v) is 5.38. The largest absolute Gasteiger partial charge is 0.493 e. The van der Waals surface area contributed by atoms with Crippen LogP contribution in [0.1, 0.15) is 67.0 Å². The van der Waals surface area contributed by atoms with E-state index in [4.69, 9.17) is 9.72 Å². The Morgan fingerprint density at radius 3 is 2.88 bits per heavy atom. The molecule has 0 unspecified atom stereocenters. The zero-order valence-corrected chi connectivity index (χ0v) is 19.5. The molecule has 1 saturated carbocycles. The van der Waals surface area contributed by atoms with Gasteiger partial charge in [-0.15, -0.1) is 0 Å². The van der Waals surface area contributed by atoms with E-state index in [2.05, 4.69) is 22.8 Å². The molecule has 3 aliphatic rings. The molecular weight excluding hydrogens is 430 g/mol. The number of fused-ring (bicyclic) bond motifs is 2. The summed E-state index contributed by atoms with van der Waals surface area (Å²) in [7, 11) is 0. The molecule has 1 atom stereocenters. The van der Waals surface area contributed by atoms with Gasteiger partial charge in [0.25, 0.3) is 0 Å². The fourth-order valence-electron chi connectivity index (χ4n) is 5.38. The number of carbonyl (C=O) groups is 2. The second kappa shape index (κ2) is 10.0. The molecule has 0 bridgehead atoms. The number of carboxylic acids is 1. The van der Waals surface area contributed by atoms with Gasteiger partial charge in [0.2, 0.25) is 5.91 Å². The maximum atomic E-state index is 12.8. The van der Waals surface area contributed by atoms with Gasteiger partial charge in [-0.05, 0) is 73.3 Å². The number of hydrogen-bond acceptors (Lipinski definition) is 5. The standard InChI is InChI=1S/C27H33N3O4/c31-25(32)16-23(20-7-6-18-10-12-34-24(18)15-20)30-27(33)21-13-17(14-21)3-1-5-22-9-8-19-4-2-11-28-26(19)29-22/h6-9,15,17,21,23H,1-5,10-14,16H2,(H,28,29)(H,30,33)(H,31,32)/t17-,21+,23-/m0/s1. The number of benzene rings is 1. The number of amides is 1. The SMILES string of the molecule is O=C(O)C[C@H](NC(=O)[C@H]1C[C@@H](CCCc2ccc3c(n2)NCCC3)C1)c1ccc2c(c1)OCC2. The maximum absolute atomic E-state index is 12.8. The van der Waals surface area contributed by atoms with E-state index in [0.29, 0.717) is 12.5 Å². The predicted molar refractivity (Wildman–Crippen MR) is 129 cm³/mol. The zero-order chi connectivity index (χ0) is 23.5. The normalized spacial score (nSPS) is 21.3. The van der Waals surface area contributed by atoms with Crippen molar-refractivity contribution in [3.8, 4) is 5.75 Å². The minimum absolute atomic E-state index is 0.0296. The Balaban J connectivity index is 1.09. The molecular formula is C27H33N3O4. The molecule has 1 amide bonds. The summed E-state index contributed by atoms with van der Waals surface area (Å²) >= 11 is 0. The van der Waals surface area contributed by atoms with Gasteiger partial charge < -0.3 is 20.5 Å². The first kappa shape index (κ1) is 22.7. The van der Waals surface area contributed by atoms with Crippen LogP contribution >= 0.6 is 0 Å². The molecule has 5 rings (SSSR count). The van der Waals surface area contributed by atoms with Crippen LogP contribution < -0.4 is 15.4 Å². The molecule has 0 spiro atoms. The summed E-state index contributed by atoms with van der Waals surface area (Å²) in [6.45, 7) is 1.65. The first-order valence-electron chi connectivity index (χ1n) is 12.6. The Morgan fingerprint density at radius 2 is 2.03 bits per heavy atom. The van der Waals surface area contributed by atoms with Crippen LogP contribution in [0.25, 0.3) is 0 Å². The van der Waals surface area contributed by atoms with E-state index < -0.39 is 12.0 Å². The van der Waals surface area contributed by atoms with Crippen LogP contribution in [0, 0.1) is 11.8 Å². The molecule has 1 aliphatic carbocycles. The van der Waals surface area contributed by atoms with Crippen LogP contribution in [0.15, 0.2) is 30.3 Å². The van der Waals surface area contributed by atoms with E-state index in [1.165, 1.54) is 12.0 Å². The highest BCUT2D eigenvalue weighted by Crippen LogP contribution is 2.38. The van der Waals surface area contributed by atoms with Crippen molar-refractivity contribution in [1.29, 1.82) is 0 Å². The lowest BCUT2D eigenvalue weighted by Crippen LogP contribution is -2.41. The lowest BCUT2D eigenvalue weighted by molar-refractivity contribution is -0.138. The molecule has 0 radical (unpaired) electrons. The molecule has 3 N–H and O–H groups in total. The van der Waals surface area contributed by atoms with Crippen LogP contribution in [0.4, 0.5) is 5.82 Å². The average Bonchev–Trinajstić information content (AvgIpc) is 3.27. The Kier molecular flexibility index (Phi) is 6.70. The summed E-state index contributed by atoms with van der Waals surface area (Å²) in [5.41, 5.74) is 4.38. The third-order valence-corrected chi connectivity index (χ3v) is 7.42. The number of carboxylic acid groups (broad SMARTS) is 1. The van der Waals surface area contributed by atoms with Gasteiger partial charge in [0.1, 0.15) is 11.6 Å². The quantitative estimate of drug-likeness (QED) is 0.519. The molecule has 34 heavy (non-hydrogen) atoms. The van der Waals surface area contributed by atoms with Crippen molar-refractivity contribution < 1.29 is 19.4 Å². The molecule has 180 valence electrons. The van der Waals surface area contributed by atoms with E-state index >= 15 is 0 Å². The van der Waals surface area contributed by atoms with Gasteiger partial charge in [-0.1, -0.05) is 24.6 Å². The minimum Gasteiger partial charge on any atom is -0.493 e. The highest BCUT2D eigenvalue weighted by molar-refractivity contribution is 5.81. The smallest absolute Gasteiger partial charge is 0.305 e. The Labute approximate surface area is 200 Å². The third kappa shape index (κ3) is 5.18. The molecule has 2 aromatic rings. The van der Waals surface area contributed by atoms with E-state index in [9.17, 15) is 14.7 Å². The molecule has 7 heteroatoms. The summed E-state index contributed by atoms with van der Waals surface area (Å²) in [5, 5.41) is 15.8. The van der Waals surface area contributed by atoms with Crippen LogP contribution in [-0.2, 0) is 28.9 Å². The van der Waals surface area contributed by atoms with Gasteiger partial charge in [-0.25, -0.2) is 4.98 Å². The molecule has 2 aliphatic heterocycles. The van der Waals surface area contributed by atoms with Crippen molar-refractivity contribution >= 4 is 17.7 Å². The van der Waals surface area contributed by atoms with Crippen molar-refractivity contribution in [2.45, 2.75) is 63.8 Å². The number of nitrogens with zero attached hydrogens (tertiary/aromatic N) is 1. The number of aryl methyl sites for hydroxylation is 2. The van der Waals surface area contributed by atoms with Crippen LogP contribution in [0.5, 0.6) is 5.75 Å². The lowest BCUT2D eigenvalue weighted by Gasteiger charge is -2.35. The van der Waals surface area contributed by atoms with Gasteiger partial charge in [-0.2, -0.15) is 0 Å².